The Labute approximate surface area is 133 Å². The molecule has 22 heavy (non-hydrogen) atoms. The maximum atomic E-state index is 2.59. The van der Waals surface area contributed by atoms with Gasteiger partial charge in [-0.1, -0.05) is 19.9 Å². The fourth-order valence-corrected chi connectivity index (χ4v) is 3.53. The summed E-state index contributed by atoms with van der Waals surface area (Å²) < 4.78 is 4.62. The summed E-state index contributed by atoms with van der Waals surface area (Å²) in [5.74, 6) is 0.619. The Bertz CT molecular complexity index is 647. The van der Waals surface area contributed by atoms with Crippen molar-refractivity contribution in [3.8, 4) is 0 Å². The highest BCUT2D eigenvalue weighted by Gasteiger charge is 2.19. The Kier molecular flexibility index (Phi) is 4.53. The highest BCUT2D eigenvalue weighted by atomic mass is 15.2. The third kappa shape index (κ3) is 3.20. The van der Waals surface area contributed by atoms with Gasteiger partial charge in [-0.15, -0.1) is 0 Å². The first-order chi connectivity index (χ1) is 10.7. The second kappa shape index (κ2) is 6.57. The molecule has 3 heterocycles. The molecular formula is C19H27N3. The molecule has 1 unspecified atom stereocenters. The van der Waals surface area contributed by atoms with Gasteiger partial charge in [0.15, 0.2) is 0 Å². The van der Waals surface area contributed by atoms with Crippen LogP contribution < -0.4 is 0 Å². The number of nitrogens with zero attached hydrogens (tertiary/aromatic N) is 3. The van der Waals surface area contributed by atoms with E-state index in [2.05, 4.69) is 77.7 Å². The molecule has 2 aromatic rings. The molecule has 0 N–H and O–H groups in total. The van der Waals surface area contributed by atoms with Crippen molar-refractivity contribution in [2.24, 2.45) is 13.0 Å². The van der Waals surface area contributed by atoms with Gasteiger partial charge in [-0.05, 0) is 42.2 Å². The zero-order chi connectivity index (χ0) is 15.5. The normalized spacial score (nSPS) is 19.4. The fraction of sp³-hybridized carbons (Fsp3) is 0.474. The molecule has 3 heteroatoms. The minimum absolute atomic E-state index is 0.619. The Morgan fingerprint density at radius 1 is 1.14 bits per heavy atom. The van der Waals surface area contributed by atoms with Gasteiger partial charge in [-0.3, -0.25) is 4.90 Å². The second-order valence-electron chi connectivity index (χ2n) is 6.46. The Morgan fingerprint density at radius 3 is 2.68 bits per heavy atom. The lowest BCUT2D eigenvalue weighted by molar-refractivity contribution is 0.260. The molecule has 118 valence electrons. The van der Waals surface area contributed by atoms with Crippen molar-refractivity contribution in [1.29, 1.82) is 0 Å². The monoisotopic (exact) mass is 297 g/mol. The van der Waals surface area contributed by atoms with Crippen LogP contribution in [-0.4, -0.2) is 33.7 Å². The number of rotatable bonds is 5. The SMILES string of the molecule is CCc1cccn1CCN1CC(c2cccn2C)=CC(C)C1. The quantitative estimate of drug-likeness (QED) is 0.824. The number of aryl methyl sites for hydroxylation is 2. The highest BCUT2D eigenvalue weighted by molar-refractivity contribution is 5.65. The first-order valence-electron chi connectivity index (χ1n) is 8.36. The van der Waals surface area contributed by atoms with Gasteiger partial charge in [-0.2, -0.15) is 0 Å². The molecule has 0 aromatic carbocycles. The molecule has 1 aliphatic heterocycles. The predicted octanol–water partition coefficient (Wildman–Crippen LogP) is 3.42. The maximum Gasteiger partial charge on any atom is 0.0446 e. The van der Waals surface area contributed by atoms with Crippen molar-refractivity contribution in [1.82, 2.24) is 14.0 Å². The predicted molar refractivity (Wildman–Crippen MR) is 92.8 cm³/mol. The summed E-state index contributed by atoms with van der Waals surface area (Å²) >= 11 is 0. The lowest BCUT2D eigenvalue weighted by atomic mass is 9.99. The van der Waals surface area contributed by atoms with E-state index in [1.165, 1.54) is 17.0 Å². The van der Waals surface area contributed by atoms with Gasteiger partial charge in [0, 0.05) is 57.0 Å². The van der Waals surface area contributed by atoms with Gasteiger partial charge in [0.25, 0.3) is 0 Å². The summed E-state index contributed by atoms with van der Waals surface area (Å²) in [7, 11) is 2.13. The molecule has 3 nitrogen and oxygen atoms in total. The van der Waals surface area contributed by atoms with E-state index in [4.69, 9.17) is 0 Å². The van der Waals surface area contributed by atoms with Crippen LogP contribution in [0, 0.1) is 5.92 Å². The fourth-order valence-electron chi connectivity index (χ4n) is 3.53. The molecule has 0 saturated heterocycles. The van der Waals surface area contributed by atoms with Crippen molar-refractivity contribution in [2.75, 3.05) is 19.6 Å². The standard InChI is InChI=1S/C19H27N3/c1-4-18-7-5-10-22(18)12-11-21-14-16(2)13-17(15-21)19-8-6-9-20(19)3/h5-10,13,16H,4,11-12,14-15H2,1-3H3. The topological polar surface area (TPSA) is 13.1 Å². The molecule has 0 bridgehead atoms. The van der Waals surface area contributed by atoms with Crippen LogP contribution in [0.5, 0.6) is 0 Å². The molecule has 0 aliphatic carbocycles. The van der Waals surface area contributed by atoms with E-state index < -0.39 is 0 Å². The van der Waals surface area contributed by atoms with Crippen molar-refractivity contribution in [3.63, 3.8) is 0 Å². The molecule has 0 fully saturated rings. The number of aromatic nitrogens is 2. The van der Waals surface area contributed by atoms with Crippen LogP contribution in [0.25, 0.3) is 5.57 Å². The van der Waals surface area contributed by atoms with Crippen LogP contribution in [0.15, 0.2) is 42.7 Å². The van der Waals surface area contributed by atoms with Crippen LogP contribution in [0.1, 0.15) is 25.2 Å². The average Bonchev–Trinajstić information content (AvgIpc) is 3.12. The summed E-state index contributed by atoms with van der Waals surface area (Å²) in [6, 6.07) is 8.75. The van der Waals surface area contributed by atoms with Crippen LogP contribution in [0.2, 0.25) is 0 Å². The van der Waals surface area contributed by atoms with Crippen LogP contribution >= 0.6 is 0 Å². The summed E-state index contributed by atoms with van der Waals surface area (Å²) in [6.45, 7) is 8.98. The second-order valence-corrected chi connectivity index (χ2v) is 6.46. The van der Waals surface area contributed by atoms with E-state index in [1.54, 1.807) is 0 Å². The molecule has 0 spiro atoms. The van der Waals surface area contributed by atoms with Gasteiger partial charge in [0.2, 0.25) is 0 Å². The van der Waals surface area contributed by atoms with E-state index in [9.17, 15) is 0 Å². The van der Waals surface area contributed by atoms with Gasteiger partial charge in [0.1, 0.15) is 0 Å². The summed E-state index contributed by atoms with van der Waals surface area (Å²) in [5.41, 5.74) is 4.25. The van der Waals surface area contributed by atoms with Crippen molar-refractivity contribution >= 4 is 5.57 Å². The number of hydrogen-bond acceptors (Lipinski definition) is 1. The van der Waals surface area contributed by atoms with Crippen LogP contribution in [0.4, 0.5) is 0 Å². The third-order valence-corrected chi connectivity index (χ3v) is 4.64. The Balaban J connectivity index is 1.66. The van der Waals surface area contributed by atoms with Crippen molar-refractivity contribution in [2.45, 2.75) is 26.8 Å². The zero-order valence-corrected chi connectivity index (χ0v) is 14.0. The molecule has 2 aromatic heterocycles. The first-order valence-corrected chi connectivity index (χ1v) is 8.36. The lowest BCUT2D eigenvalue weighted by Gasteiger charge is -2.31. The zero-order valence-electron chi connectivity index (χ0n) is 14.0. The first kappa shape index (κ1) is 15.2. The van der Waals surface area contributed by atoms with Gasteiger partial charge in [-0.25, -0.2) is 0 Å². The molecule has 0 radical (unpaired) electrons. The summed E-state index contributed by atoms with van der Waals surface area (Å²) in [4.78, 5) is 2.59. The van der Waals surface area contributed by atoms with Crippen LogP contribution in [-0.2, 0) is 20.0 Å². The van der Waals surface area contributed by atoms with Gasteiger partial charge < -0.3 is 9.13 Å². The van der Waals surface area contributed by atoms with Gasteiger partial charge >= 0.3 is 0 Å². The Hall–Kier alpha value is -1.74. The third-order valence-electron chi connectivity index (χ3n) is 4.64. The van der Waals surface area contributed by atoms with E-state index in [-0.39, 0.29) is 0 Å². The van der Waals surface area contributed by atoms with Crippen molar-refractivity contribution < 1.29 is 0 Å². The summed E-state index contributed by atoms with van der Waals surface area (Å²) in [5, 5.41) is 0. The molecule has 0 amide bonds. The molecule has 0 saturated carbocycles. The van der Waals surface area contributed by atoms with Gasteiger partial charge in [0.05, 0.1) is 0 Å². The minimum atomic E-state index is 0.619. The van der Waals surface area contributed by atoms with Crippen molar-refractivity contribution in [3.05, 3.63) is 54.1 Å². The van der Waals surface area contributed by atoms with E-state index in [1.807, 2.05) is 0 Å². The largest absolute Gasteiger partial charge is 0.351 e. The smallest absolute Gasteiger partial charge is 0.0446 e. The maximum absolute atomic E-state index is 2.59. The molecule has 1 atom stereocenters. The molecule has 1 aliphatic rings. The Morgan fingerprint density at radius 2 is 1.95 bits per heavy atom. The van der Waals surface area contributed by atoms with E-state index >= 15 is 0 Å². The lowest BCUT2D eigenvalue weighted by Crippen LogP contribution is -2.36. The highest BCUT2D eigenvalue weighted by Crippen LogP contribution is 2.23. The molecule has 3 rings (SSSR count). The summed E-state index contributed by atoms with van der Waals surface area (Å²) in [6.07, 6.45) is 7.89. The average molecular weight is 297 g/mol. The minimum Gasteiger partial charge on any atom is -0.351 e. The molecular weight excluding hydrogens is 270 g/mol. The van der Waals surface area contributed by atoms with E-state index in [0.717, 1.165) is 32.6 Å². The number of hydrogen-bond donors (Lipinski definition) is 0. The van der Waals surface area contributed by atoms with E-state index in [0.29, 0.717) is 5.92 Å². The van der Waals surface area contributed by atoms with Crippen LogP contribution in [0.3, 0.4) is 0 Å².